The van der Waals surface area contributed by atoms with Gasteiger partial charge in [0.05, 0.1) is 13.2 Å². The van der Waals surface area contributed by atoms with Crippen LogP contribution in [-0.2, 0) is 19.1 Å². The van der Waals surface area contributed by atoms with Crippen LogP contribution in [0.1, 0.15) is 31.7 Å². The Morgan fingerprint density at radius 2 is 1.88 bits per heavy atom. The Bertz CT molecular complexity index is 569. The fraction of sp³-hybridized carbons (Fsp3) is 0.556. The maximum atomic E-state index is 12.4. The van der Waals surface area contributed by atoms with E-state index in [1.54, 1.807) is 7.11 Å². The van der Waals surface area contributed by atoms with Crippen molar-refractivity contribution in [2.45, 2.75) is 38.3 Å². The molecule has 2 atom stereocenters. The normalized spacial score (nSPS) is 20.3. The van der Waals surface area contributed by atoms with E-state index in [0.717, 1.165) is 0 Å². The summed E-state index contributed by atoms with van der Waals surface area (Å²) < 4.78 is 15.6. The zero-order valence-corrected chi connectivity index (χ0v) is 14.7. The van der Waals surface area contributed by atoms with Crippen molar-refractivity contribution in [3.63, 3.8) is 0 Å². The molecule has 0 saturated carbocycles. The summed E-state index contributed by atoms with van der Waals surface area (Å²) in [5.41, 5.74) is 1.21. The highest BCUT2D eigenvalue weighted by atomic mass is 16.5. The number of benzene rings is 1. The molecule has 24 heavy (non-hydrogen) atoms. The first kappa shape index (κ1) is 18.3. The van der Waals surface area contributed by atoms with Gasteiger partial charge in [0.15, 0.2) is 6.61 Å². The Morgan fingerprint density at radius 3 is 2.42 bits per heavy atom. The Labute approximate surface area is 142 Å². The quantitative estimate of drug-likeness (QED) is 0.744. The Kier molecular flexibility index (Phi) is 6.20. The van der Waals surface area contributed by atoms with Crippen LogP contribution < -0.4 is 4.74 Å². The Hall–Kier alpha value is -2.08. The first-order valence-electron chi connectivity index (χ1n) is 8.09. The molecule has 1 amide bonds. The lowest BCUT2D eigenvalue weighted by atomic mass is 10.0. The van der Waals surface area contributed by atoms with E-state index in [1.807, 2.05) is 24.3 Å². The molecule has 0 radical (unpaired) electrons. The van der Waals surface area contributed by atoms with Crippen molar-refractivity contribution in [3.8, 4) is 5.75 Å². The SMILES string of the molecule is COC(=O)[C@@H]1C[C@@H](OC)CN1C(=O)COc1ccc(C(C)C)cc1. The summed E-state index contributed by atoms with van der Waals surface area (Å²) >= 11 is 0. The van der Waals surface area contributed by atoms with E-state index in [1.165, 1.54) is 17.6 Å². The van der Waals surface area contributed by atoms with Gasteiger partial charge >= 0.3 is 5.97 Å². The lowest BCUT2D eigenvalue weighted by Crippen LogP contribution is -2.43. The molecular formula is C18H25NO5. The third kappa shape index (κ3) is 4.26. The molecule has 1 aromatic rings. The molecule has 0 unspecified atom stereocenters. The predicted molar refractivity (Wildman–Crippen MR) is 89.0 cm³/mol. The lowest BCUT2D eigenvalue weighted by Gasteiger charge is -2.22. The number of esters is 1. The fourth-order valence-electron chi connectivity index (χ4n) is 2.78. The van der Waals surface area contributed by atoms with E-state index in [2.05, 4.69) is 13.8 Å². The number of hydrogen-bond acceptors (Lipinski definition) is 5. The monoisotopic (exact) mass is 335 g/mol. The standard InChI is InChI=1S/C18H25NO5/c1-12(2)13-5-7-14(8-6-13)24-11-17(20)19-10-15(22-3)9-16(19)18(21)23-4/h5-8,12,15-16H,9-11H2,1-4H3/t15-,16+/m1/s1. The second-order valence-corrected chi connectivity index (χ2v) is 6.19. The molecule has 6 heteroatoms. The molecule has 1 aliphatic rings. The number of methoxy groups -OCH3 is 2. The van der Waals surface area contributed by atoms with Gasteiger partial charge in [0.2, 0.25) is 0 Å². The van der Waals surface area contributed by atoms with Gasteiger partial charge in [-0.2, -0.15) is 0 Å². The van der Waals surface area contributed by atoms with Gasteiger partial charge in [0, 0.05) is 20.1 Å². The van der Waals surface area contributed by atoms with Gasteiger partial charge in [-0.25, -0.2) is 4.79 Å². The van der Waals surface area contributed by atoms with Crippen LogP contribution >= 0.6 is 0 Å². The molecule has 1 aliphatic heterocycles. The highest BCUT2D eigenvalue weighted by molar-refractivity contribution is 5.86. The molecule has 6 nitrogen and oxygen atoms in total. The maximum Gasteiger partial charge on any atom is 0.328 e. The van der Waals surface area contributed by atoms with E-state index < -0.39 is 12.0 Å². The molecule has 0 bridgehead atoms. The average molecular weight is 335 g/mol. The number of carbonyl (C=O) groups excluding carboxylic acids is 2. The van der Waals surface area contributed by atoms with Crippen molar-refractivity contribution < 1.29 is 23.8 Å². The molecule has 2 rings (SSSR count). The molecule has 1 aromatic carbocycles. The summed E-state index contributed by atoms with van der Waals surface area (Å²) in [4.78, 5) is 25.8. The van der Waals surface area contributed by atoms with Crippen LogP contribution in [0.25, 0.3) is 0 Å². The number of nitrogens with zero attached hydrogens (tertiary/aromatic N) is 1. The number of ether oxygens (including phenoxy) is 3. The first-order valence-corrected chi connectivity index (χ1v) is 8.09. The Morgan fingerprint density at radius 1 is 1.21 bits per heavy atom. The van der Waals surface area contributed by atoms with Crippen LogP contribution in [0, 0.1) is 0 Å². The van der Waals surface area contributed by atoms with E-state index in [4.69, 9.17) is 14.2 Å². The van der Waals surface area contributed by atoms with Crippen LogP contribution in [0.15, 0.2) is 24.3 Å². The van der Waals surface area contributed by atoms with E-state index in [-0.39, 0.29) is 18.6 Å². The third-order valence-electron chi connectivity index (χ3n) is 4.30. The molecule has 0 spiro atoms. The zero-order chi connectivity index (χ0) is 17.7. The largest absolute Gasteiger partial charge is 0.484 e. The number of amides is 1. The minimum absolute atomic E-state index is 0.120. The molecule has 1 saturated heterocycles. The molecule has 0 aliphatic carbocycles. The predicted octanol–water partition coefficient (Wildman–Crippen LogP) is 1.98. The summed E-state index contributed by atoms with van der Waals surface area (Å²) in [5.74, 6) is 0.393. The zero-order valence-electron chi connectivity index (χ0n) is 14.7. The van der Waals surface area contributed by atoms with Gasteiger partial charge in [-0.1, -0.05) is 26.0 Å². The highest BCUT2D eigenvalue weighted by Crippen LogP contribution is 2.22. The third-order valence-corrected chi connectivity index (χ3v) is 4.30. The maximum absolute atomic E-state index is 12.4. The average Bonchev–Trinajstić information content (AvgIpc) is 3.03. The number of rotatable bonds is 6. The minimum atomic E-state index is -0.612. The fourth-order valence-corrected chi connectivity index (χ4v) is 2.78. The smallest absolute Gasteiger partial charge is 0.328 e. The molecule has 1 heterocycles. The van der Waals surface area contributed by atoms with Gasteiger partial charge < -0.3 is 19.1 Å². The van der Waals surface area contributed by atoms with E-state index in [9.17, 15) is 9.59 Å². The van der Waals surface area contributed by atoms with Gasteiger partial charge in [-0.3, -0.25) is 4.79 Å². The summed E-state index contributed by atoms with van der Waals surface area (Å²) in [7, 11) is 2.89. The van der Waals surface area contributed by atoms with Crippen LogP contribution in [-0.4, -0.2) is 56.3 Å². The van der Waals surface area contributed by atoms with Gasteiger partial charge in [0.1, 0.15) is 11.8 Å². The van der Waals surface area contributed by atoms with E-state index in [0.29, 0.717) is 24.6 Å². The van der Waals surface area contributed by atoms with Crippen LogP contribution in [0.2, 0.25) is 0 Å². The topological polar surface area (TPSA) is 65.1 Å². The molecule has 0 aromatic heterocycles. The second kappa shape index (κ2) is 8.15. The molecule has 0 N–H and O–H groups in total. The minimum Gasteiger partial charge on any atom is -0.484 e. The van der Waals surface area contributed by atoms with Crippen molar-refractivity contribution in [2.24, 2.45) is 0 Å². The van der Waals surface area contributed by atoms with Crippen molar-refractivity contribution in [1.82, 2.24) is 4.90 Å². The second-order valence-electron chi connectivity index (χ2n) is 6.19. The first-order chi connectivity index (χ1) is 11.5. The molecule has 132 valence electrons. The van der Waals surface area contributed by atoms with Crippen molar-refractivity contribution in [3.05, 3.63) is 29.8 Å². The van der Waals surface area contributed by atoms with Crippen molar-refractivity contribution >= 4 is 11.9 Å². The highest BCUT2D eigenvalue weighted by Gasteiger charge is 2.40. The van der Waals surface area contributed by atoms with Crippen molar-refractivity contribution in [2.75, 3.05) is 27.4 Å². The molecular weight excluding hydrogens is 310 g/mol. The molecule has 1 fully saturated rings. The van der Waals surface area contributed by atoms with Crippen LogP contribution in [0.4, 0.5) is 0 Å². The summed E-state index contributed by atoms with van der Waals surface area (Å²) in [5, 5.41) is 0. The number of carbonyl (C=O) groups is 2. The van der Waals surface area contributed by atoms with Gasteiger partial charge in [0.25, 0.3) is 5.91 Å². The Balaban J connectivity index is 1.96. The summed E-state index contributed by atoms with van der Waals surface area (Å²) in [6, 6.07) is 7.06. The number of hydrogen-bond donors (Lipinski definition) is 0. The van der Waals surface area contributed by atoms with Gasteiger partial charge in [-0.15, -0.1) is 0 Å². The van der Waals surface area contributed by atoms with Gasteiger partial charge in [-0.05, 0) is 23.6 Å². The summed E-state index contributed by atoms with van der Waals surface area (Å²) in [6.45, 7) is 4.48. The number of likely N-dealkylation sites (tertiary alicyclic amines) is 1. The van der Waals surface area contributed by atoms with Crippen molar-refractivity contribution in [1.29, 1.82) is 0 Å². The van der Waals surface area contributed by atoms with Crippen LogP contribution in [0.5, 0.6) is 5.75 Å². The summed E-state index contributed by atoms with van der Waals surface area (Å²) in [6.07, 6.45) is 0.279. The van der Waals surface area contributed by atoms with E-state index >= 15 is 0 Å². The lowest BCUT2D eigenvalue weighted by molar-refractivity contribution is -0.151. The van der Waals surface area contributed by atoms with Crippen LogP contribution in [0.3, 0.4) is 0 Å².